The highest BCUT2D eigenvalue weighted by molar-refractivity contribution is 5.05. The minimum absolute atomic E-state index is 0.00383. The highest BCUT2D eigenvalue weighted by Crippen LogP contribution is 2.27. The summed E-state index contributed by atoms with van der Waals surface area (Å²) in [5.41, 5.74) is 4.60. The number of aliphatic hydroxyl groups is 1. The minimum Gasteiger partial charge on any atom is -0.389 e. The van der Waals surface area contributed by atoms with E-state index in [0.717, 1.165) is 12.8 Å². The lowest BCUT2D eigenvalue weighted by Gasteiger charge is -2.15. The third-order valence-electron chi connectivity index (χ3n) is 5.52. The molecule has 5 N–H and O–H groups in total. The molecule has 0 spiro atoms. The van der Waals surface area contributed by atoms with Crippen molar-refractivity contribution in [2.24, 2.45) is 5.73 Å². The van der Waals surface area contributed by atoms with Crippen molar-refractivity contribution in [3.05, 3.63) is 65.2 Å². The summed E-state index contributed by atoms with van der Waals surface area (Å²) in [5.74, 6) is 2.30. The fraction of sp³-hybridized carbons (Fsp3) is 0.524. The van der Waals surface area contributed by atoms with Crippen LogP contribution < -0.4 is 28.2 Å². The number of aromatic nitrogens is 4. The number of nitrogens with two attached hydrogens (primary N) is 1. The van der Waals surface area contributed by atoms with Crippen LogP contribution in [0.4, 0.5) is 0 Å². The number of aliphatic hydroxyl groups excluding tert-OH is 1. The van der Waals surface area contributed by atoms with Crippen LogP contribution in [0.15, 0.2) is 31.6 Å². The van der Waals surface area contributed by atoms with Crippen molar-refractivity contribution in [2.45, 2.75) is 63.9 Å². The molecule has 178 valence electrons. The van der Waals surface area contributed by atoms with Gasteiger partial charge in [0.25, 0.3) is 11.1 Å². The molecule has 5 atom stereocenters. The van der Waals surface area contributed by atoms with Gasteiger partial charge in [-0.25, -0.2) is 9.59 Å². The Morgan fingerprint density at radius 3 is 2.03 bits per heavy atom. The molecule has 33 heavy (non-hydrogen) atoms. The molecular weight excluding hydrogens is 434 g/mol. The van der Waals surface area contributed by atoms with Gasteiger partial charge in [0.2, 0.25) is 0 Å². The molecule has 2 fully saturated rings. The second-order valence-corrected chi connectivity index (χ2v) is 7.96. The molecule has 2 aliphatic rings. The Bertz CT molecular complexity index is 1270. The second-order valence-electron chi connectivity index (χ2n) is 7.96. The first kappa shape index (κ1) is 24.4. The first-order valence-electron chi connectivity index (χ1n) is 10.4. The zero-order valence-electron chi connectivity index (χ0n) is 18.3. The van der Waals surface area contributed by atoms with Crippen LogP contribution in [0.2, 0.25) is 0 Å². The minimum atomic E-state index is -0.802. The molecule has 2 aliphatic heterocycles. The number of aryl methyl sites for hydroxylation is 2. The van der Waals surface area contributed by atoms with Gasteiger partial charge in [-0.1, -0.05) is 5.92 Å². The Hall–Kier alpha value is -3.24. The lowest BCUT2D eigenvalue weighted by Crippen LogP contribution is -2.33. The third-order valence-corrected chi connectivity index (χ3v) is 5.52. The van der Waals surface area contributed by atoms with Crippen molar-refractivity contribution < 1.29 is 14.6 Å². The molecule has 2 aromatic rings. The number of aromatic amines is 2. The zero-order chi connectivity index (χ0) is 24.3. The van der Waals surface area contributed by atoms with Crippen LogP contribution in [-0.4, -0.2) is 49.1 Å². The van der Waals surface area contributed by atoms with E-state index in [4.69, 9.17) is 21.6 Å². The Balaban J connectivity index is 0.000000186. The van der Waals surface area contributed by atoms with E-state index in [1.54, 1.807) is 13.8 Å². The van der Waals surface area contributed by atoms with Gasteiger partial charge in [-0.05, 0) is 26.7 Å². The van der Waals surface area contributed by atoms with Gasteiger partial charge in [-0.2, -0.15) is 0 Å². The van der Waals surface area contributed by atoms with Gasteiger partial charge in [0, 0.05) is 36.5 Å². The molecule has 0 bridgehead atoms. The van der Waals surface area contributed by atoms with Crippen molar-refractivity contribution in [3.63, 3.8) is 0 Å². The Kier molecular flexibility index (Phi) is 7.50. The third kappa shape index (κ3) is 5.40. The molecule has 12 heteroatoms. The molecule has 0 radical (unpaired) electrons. The summed E-state index contributed by atoms with van der Waals surface area (Å²) in [4.78, 5) is 50.0. The van der Waals surface area contributed by atoms with E-state index in [2.05, 4.69) is 15.9 Å². The van der Waals surface area contributed by atoms with Crippen molar-refractivity contribution in [1.82, 2.24) is 19.1 Å². The molecule has 0 saturated carbocycles. The molecular formula is C21H27N5O7. The number of hydrogen-bond acceptors (Lipinski definition) is 8. The summed E-state index contributed by atoms with van der Waals surface area (Å²) in [7, 11) is 0. The summed E-state index contributed by atoms with van der Waals surface area (Å²) >= 11 is 0. The van der Waals surface area contributed by atoms with Gasteiger partial charge < -0.3 is 20.3 Å². The van der Waals surface area contributed by atoms with Crippen LogP contribution in [0.5, 0.6) is 0 Å². The van der Waals surface area contributed by atoms with E-state index < -0.39 is 35.4 Å². The van der Waals surface area contributed by atoms with Crippen molar-refractivity contribution in [2.75, 3.05) is 6.54 Å². The number of H-pyrrole nitrogens is 2. The largest absolute Gasteiger partial charge is 0.389 e. The number of nitrogens with one attached hydrogen (secondary N) is 2. The maximum Gasteiger partial charge on any atom is 0.330 e. The molecule has 4 heterocycles. The van der Waals surface area contributed by atoms with Gasteiger partial charge in [0.05, 0.1) is 12.2 Å². The summed E-state index contributed by atoms with van der Waals surface area (Å²) in [6, 6.07) is 0. The average molecular weight is 461 g/mol. The monoisotopic (exact) mass is 461 g/mol. The van der Waals surface area contributed by atoms with Gasteiger partial charge >= 0.3 is 11.4 Å². The van der Waals surface area contributed by atoms with Crippen LogP contribution in [0.1, 0.15) is 42.8 Å². The van der Waals surface area contributed by atoms with E-state index in [0.29, 0.717) is 17.7 Å². The molecule has 2 saturated heterocycles. The lowest BCUT2D eigenvalue weighted by molar-refractivity contribution is 0.00348. The van der Waals surface area contributed by atoms with Crippen LogP contribution in [-0.2, 0) is 9.47 Å². The molecule has 0 aliphatic carbocycles. The maximum absolute atomic E-state index is 11.6. The lowest BCUT2D eigenvalue weighted by atomic mass is 10.2. The van der Waals surface area contributed by atoms with Gasteiger partial charge in [-0.3, -0.25) is 28.7 Å². The van der Waals surface area contributed by atoms with Crippen LogP contribution in [0.3, 0.4) is 0 Å². The van der Waals surface area contributed by atoms with E-state index in [9.17, 15) is 24.3 Å². The molecule has 0 amide bonds. The fourth-order valence-electron chi connectivity index (χ4n) is 3.64. The molecule has 0 unspecified atom stereocenters. The quantitative estimate of drug-likeness (QED) is 0.404. The number of hydrogen-bond donors (Lipinski definition) is 4. The van der Waals surface area contributed by atoms with Gasteiger partial charge in [0.1, 0.15) is 18.6 Å². The number of nitrogens with zero attached hydrogens (tertiary/aromatic N) is 2. The average Bonchev–Trinajstić information content (AvgIpc) is 3.40. The topological polar surface area (TPSA) is 174 Å². The summed E-state index contributed by atoms with van der Waals surface area (Å²) < 4.78 is 13.6. The Morgan fingerprint density at radius 1 is 1.03 bits per heavy atom. The predicted octanol–water partition coefficient (Wildman–Crippen LogP) is -1.39. The van der Waals surface area contributed by atoms with Crippen LogP contribution >= 0.6 is 0 Å². The van der Waals surface area contributed by atoms with Gasteiger partial charge in [0.15, 0.2) is 0 Å². The van der Waals surface area contributed by atoms with Crippen LogP contribution in [0.25, 0.3) is 0 Å². The van der Waals surface area contributed by atoms with E-state index in [-0.39, 0.29) is 24.3 Å². The standard InChI is InChI=1S/C11H12N2O4.C10H15N3O3/c1-3-8-7(14)4-9(17-8)13-5-6(2)10(15)12-11(13)16;1-6-5-13(10(15)12-9(6)14)8-3-2-7(4-11)16-8/h1,5,7-9,14H,4H2,2H3,(H,12,15,16);5,7-8H,2-4,11H2,1H3,(H,12,14,15)/t7-,8+,9+;7-,8+/m00/s1. The molecule has 2 aromatic heterocycles. The first-order valence-corrected chi connectivity index (χ1v) is 10.4. The predicted molar refractivity (Wildman–Crippen MR) is 118 cm³/mol. The molecule has 4 rings (SSSR count). The molecule has 12 nitrogen and oxygen atoms in total. The molecule has 0 aromatic carbocycles. The number of rotatable bonds is 3. The fourth-order valence-corrected chi connectivity index (χ4v) is 3.64. The highest BCUT2D eigenvalue weighted by atomic mass is 16.5. The second kappa shape index (κ2) is 10.1. The first-order chi connectivity index (χ1) is 15.6. The van der Waals surface area contributed by atoms with Crippen molar-refractivity contribution in [3.8, 4) is 12.3 Å². The SMILES string of the molecule is C#C[C@H]1O[C@@H](n2cc(C)c(=O)[nH]c2=O)C[C@@H]1O.Cc1cn([C@H]2CC[C@@H](CN)O2)c(=O)[nH]c1=O. The summed E-state index contributed by atoms with van der Waals surface area (Å²) in [5, 5.41) is 9.58. The zero-order valence-corrected chi connectivity index (χ0v) is 18.3. The van der Waals surface area contributed by atoms with Crippen molar-refractivity contribution >= 4 is 0 Å². The van der Waals surface area contributed by atoms with Crippen LogP contribution in [0, 0.1) is 26.2 Å². The summed E-state index contributed by atoms with van der Waals surface area (Å²) in [6.45, 7) is 3.69. The van der Waals surface area contributed by atoms with E-state index in [1.165, 1.54) is 21.5 Å². The maximum atomic E-state index is 11.6. The van der Waals surface area contributed by atoms with Gasteiger partial charge in [-0.15, -0.1) is 6.42 Å². The smallest absolute Gasteiger partial charge is 0.330 e. The number of terminal acetylenes is 1. The highest BCUT2D eigenvalue weighted by Gasteiger charge is 2.34. The van der Waals surface area contributed by atoms with E-state index >= 15 is 0 Å². The Labute approximate surface area is 188 Å². The summed E-state index contributed by atoms with van der Waals surface area (Å²) in [6.07, 6.45) is 7.44. The normalized spacial score (nSPS) is 26.5. The van der Waals surface area contributed by atoms with E-state index in [1.807, 2.05) is 0 Å². The number of ether oxygens (including phenoxy) is 2. The van der Waals surface area contributed by atoms with Crippen molar-refractivity contribution in [1.29, 1.82) is 0 Å². The Morgan fingerprint density at radius 2 is 1.58 bits per heavy atom.